The van der Waals surface area contributed by atoms with Crippen molar-refractivity contribution in [3.8, 4) is 5.75 Å². The monoisotopic (exact) mass is 454 g/mol. The topological polar surface area (TPSA) is 94.0 Å². The van der Waals surface area contributed by atoms with Crippen LogP contribution < -0.4 is 4.74 Å². The highest BCUT2D eigenvalue weighted by molar-refractivity contribution is 7.89. The number of hydrogen-bond donors (Lipinski definition) is 0. The molecule has 0 bridgehead atoms. The third-order valence-corrected chi connectivity index (χ3v) is 7.61. The Morgan fingerprint density at radius 2 is 1.97 bits per heavy atom. The summed E-state index contributed by atoms with van der Waals surface area (Å²) in [6, 6.07) is 4.38. The van der Waals surface area contributed by atoms with E-state index in [2.05, 4.69) is 5.10 Å². The van der Waals surface area contributed by atoms with Gasteiger partial charge in [-0.25, -0.2) is 8.42 Å². The minimum atomic E-state index is -3.80. The lowest BCUT2D eigenvalue weighted by molar-refractivity contribution is 0.0297. The van der Waals surface area contributed by atoms with Crippen molar-refractivity contribution < 1.29 is 22.7 Å². The van der Waals surface area contributed by atoms with E-state index in [1.54, 1.807) is 16.6 Å². The first-order chi connectivity index (χ1) is 14.3. The van der Waals surface area contributed by atoms with Gasteiger partial charge in [-0.2, -0.15) is 9.40 Å². The van der Waals surface area contributed by atoms with Crippen LogP contribution in [0.2, 0.25) is 5.02 Å². The Hall–Kier alpha value is -2.14. The molecule has 162 valence electrons. The molecule has 0 spiro atoms. The number of rotatable bonds is 4. The molecule has 2 aliphatic rings. The summed E-state index contributed by atoms with van der Waals surface area (Å²) in [5, 5.41) is 4.64. The summed E-state index contributed by atoms with van der Waals surface area (Å²) in [6.07, 6.45) is 0.471. The zero-order valence-electron chi connectivity index (χ0n) is 16.8. The van der Waals surface area contributed by atoms with Crippen molar-refractivity contribution in [2.24, 2.45) is 7.05 Å². The Labute approximate surface area is 180 Å². The van der Waals surface area contributed by atoms with Crippen molar-refractivity contribution in [1.82, 2.24) is 19.0 Å². The highest BCUT2D eigenvalue weighted by Gasteiger charge is 2.35. The molecule has 11 heteroatoms. The van der Waals surface area contributed by atoms with Gasteiger partial charge in [-0.3, -0.25) is 9.48 Å². The zero-order valence-corrected chi connectivity index (χ0v) is 18.4. The molecule has 0 saturated carbocycles. The van der Waals surface area contributed by atoms with Crippen LogP contribution in [0.5, 0.6) is 5.75 Å². The van der Waals surface area contributed by atoms with E-state index < -0.39 is 10.0 Å². The third-order valence-electron chi connectivity index (χ3n) is 5.47. The van der Waals surface area contributed by atoms with Gasteiger partial charge in [0.05, 0.1) is 30.2 Å². The number of nitrogens with zero attached hydrogens (tertiary/aromatic N) is 4. The average Bonchev–Trinajstić information content (AvgIpc) is 3.09. The molecular formula is C19H23ClN4O5S. The Balaban J connectivity index is 1.64. The van der Waals surface area contributed by atoms with Crippen molar-refractivity contribution in [3.05, 3.63) is 40.2 Å². The normalized spacial score (nSPS) is 17.6. The number of hydrogen-bond acceptors (Lipinski definition) is 6. The van der Waals surface area contributed by atoms with Crippen molar-refractivity contribution in [3.63, 3.8) is 0 Å². The van der Waals surface area contributed by atoms with Gasteiger partial charge in [0.15, 0.2) is 5.69 Å². The van der Waals surface area contributed by atoms with Crippen LogP contribution in [0.1, 0.15) is 21.7 Å². The number of halogens is 1. The number of carbonyl (C=O) groups is 1. The fourth-order valence-electron chi connectivity index (χ4n) is 3.82. The minimum Gasteiger partial charge on any atom is -0.495 e. The number of methoxy groups -OCH3 is 1. The van der Waals surface area contributed by atoms with Gasteiger partial charge < -0.3 is 14.4 Å². The molecule has 9 nitrogen and oxygen atoms in total. The van der Waals surface area contributed by atoms with Crippen LogP contribution in [0.15, 0.2) is 23.1 Å². The second kappa shape index (κ2) is 8.18. The number of fused-ring (bicyclic) bond motifs is 1. The smallest absolute Gasteiger partial charge is 0.274 e. The number of carbonyl (C=O) groups excluding carboxylic acids is 1. The Morgan fingerprint density at radius 1 is 1.23 bits per heavy atom. The Morgan fingerprint density at radius 3 is 2.63 bits per heavy atom. The molecule has 1 amide bonds. The molecule has 30 heavy (non-hydrogen) atoms. The summed E-state index contributed by atoms with van der Waals surface area (Å²) in [7, 11) is -0.550. The van der Waals surface area contributed by atoms with Crippen LogP contribution in [0, 0.1) is 0 Å². The summed E-state index contributed by atoms with van der Waals surface area (Å²) >= 11 is 6.13. The fraction of sp³-hybridized carbons (Fsp3) is 0.474. The number of aryl methyl sites for hydroxylation is 1. The summed E-state index contributed by atoms with van der Waals surface area (Å²) in [6.45, 7) is 2.34. The minimum absolute atomic E-state index is 0.0839. The number of morpholine rings is 1. The van der Waals surface area contributed by atoms with Gasteiger partial charge in [-0.15, -0.1) is 0 Å². The van der Waals surface area contributed by atoms with E-state index in [1.165, 1.54) is 29.6 Å². The summed E-state index contributed by atoms with van der Waals surface area (Å²) in [5.41, 5.74) is 1.84. The molecule has 0 radical (unpaired) electrons. The fourth-order valence-corrected chi connectivity index (χ4v) is 5.58. The van der Waals surface area contributed by atoms with Gasteiger partial charge in [0, 0.05) is 50.9 Å². The van der Waals surface area contributed by atoms with Crippen LogP contribution in [0.3, 0.4) is 0 Å². The molecule has 0 atom stereocenters. The maximum absolute atomic E-state index is 13.2. The number of ether oxygens (including phenoxy) is 2. The van der Waals surface area contributed by atoms with Gasteiger partial charge in [0.1, 0.15) is 5.75 Å². The highest BCUT2D eigenvalue weighted by atomic mass is 35.5. The van der Waals surface area contributed by atoms with Gasteiger partial charge in [-0.1, -0.05) is 11.6 Å². The van der Waals surface area contributed by atoms with Gasteiger partial charge in [-0.05, 0) is 18.2 Å². The Bertz CT molecular complexity index is 1080. The lowest BCUT2D eigenvalue weighted by Gasteiger charge is -2.29. The molecule has 1 fully saturated rings. The van der Waals surface area contributed by atoms with Crippen LogP contribution in [0.4, 0.5) is 0 Å². The summed E-state index contributed by atoms with van der Waals surface area (Å²) in [5.74, 6) is 0.212. The van der Waals surface area contributed by atoms with E-state index in [4.69, 9.17) is 21.1 Å². The molecule has 2 aliphatic heterocycles. The van der Waals surface area contributed by atoms with Crippen LogP contribution in [-0.4, -0.2) is 73.3 Å². The van der Waals surface area contributed by atoms with Gasteiger partial charge >= 0.3 is 0 Å². The second-order valence-electron chi connectivity index (χ2n) is 7.19. The molecule has 1 aromatic heterocycles. The van der Waals surface area contributed by atoms with E-state index >= 15 is 0 Å². The quantitative estimate of drug-likeness (QED) is 0.691. The molecule has 0 aliphatic carbocycles. The van der Waals surface area contributed by atoms with Crippen LogP contribution >= 0.6 is 11.6 Å². The summed E-state index contributed by atoms with van der Waals surface area (Å²) < 4.78 is 39.9. The largest absolute Gasteiger partial charge is 0.495 e. The molecule has 2 aromatic rings. The third kappa shape index (κ3) is 3.68. The molecule has 1 saturated heterocycles. The standard InChI is InChI=1S/C19H23ClN4O5S/c1-22-16-5-6-24(30(26,27)13-3-4-17(28-2)15(20)11-13)12-14(16)18(21-22)19(25)23-7-9-29-10-8-23/h3-4,11H,5-10,12H2,1-2H3. The Kier molecular flexibility index (Phi) is 5.75. The van der Waals surface area contributed by atoms with Crippen molar-refractivity contribution in [1.29, 1.82) is 0 Å². The molecular weight excluding hydrogens is 432 g/mol. The number of sulfonamides is 1. The van der Waals surface area contributed by atoms with E-state index in [0.29, 0.717) is 56.3 Å². The van der Waals surface area contributed by atoms with Gasteiger partial charge in [0.2, 0.25) is 10.0 Å². The van der Waals surface area contributed by atoms with E-state index in [1.807, 2.05) is 0 Å². The molecule has 4 rings (SSSR count). The first-order valence-corrected chi connectivity index (χ1v) is 11.4. The zero-order chi connectivity index (χ0) is 21.5. The van der Waals surface area contributed by atoms with Gasteiger partial charge in [0.25, 0.3) is 5.91 Å². The molecule has 3 heterocycles. The van der Waals surface area contributed by atoms with Crippen LogP contribution in [0.25, 0.3) is 0 Å². The SMILES string of the molecule is COc1ccc(S(=O)(=O)N2CCc3c(c(C(=O)N4CCOCC4)nn3C)C2)cc1Cl. The number of aromatic nitrogens is 2. The van der Waals surface area contributed by atoms with Crippen molar-refractivity contribution in [2.75, 3.05) is 40.0 Å². The maximum atomic E-state index is 13.2. The summed E-state index contributed by atoms with van der Waals surface area (Å²) in [4.78, 5) is 14.8. The number of benzene rings is 1. The molecule has 0 unspecified atom stereocenters. The maximum Gasteiger partial charge on any atom is 0.274 e. The lowest BCUT2D eigenvalue weighted by atomic mass is 10.1. The lowest BCUT2D eigenvalue weighted by Crippen LogP contribution is -2.42. The van der Waals surface area contributed by atoms with E-state index in [-0.39, 0.29) is 22.4 Å². The predicted molar refractivity (Wildman–Crippen MR) is 109 cm³/mol. The van der Waals surface area contributed by atoms with E-state index in [0.717, 1.165) is 5.69 Å². The average molecular weight is 455 g/mol. The van der Waals surface area contributed by atoms with E-state index in [9.17, 15) is 13.2 Å². The first-order valence-electron chi connectivity index (χ1n) is 9.58. The molecule has 0 N–H and O–H groups in total. The van der Waals surface area contributed by atoms with Crippen molar-refractivity contribution in [2.45, 2.75) is 17.9 Å². The predicted octanol–water partition coefficient (Wildman–Crippen LogP) is 1.30. The highest BCUT2D eigenvalue weighted by Crippen LogP contribution is 2.31. The van der Waals surface area contributed by atoms with Crippen LogP contribution in [-0.2, 0) is 34.8 Å². The first kappa shape index (κ1) is 21.1. The second-order valence-corrected chi connectivity index (χ2v) is 9.53. The number of amides is 1. The molecule has 1 aromatic carbocycles. The van der Waals surface area contributed by atoms with Crippen molar-refractivity contribution >= 4 is 27.5 Å².